The van der Waals surface area contributed by atoms with Crippen molar-refractivity contribution in [2.75, 3.05) is 17.7 Å². The lowest BCUT2D eigenvalue weighted by Crippen LogP contribution is -2.20. The minimum absolute atomic E-state index is 0.316. The van der Waals surface area contributed by atoms with Crippen molar-refractivity contribution in [3.8, 4) is 0 Å². The predicted molar refractivity (Wildman–Crippen MR) is 118 cm³/mol. The van der Waals surface area contributed by atoms with Crippen molar-refractivity contribution in [3.63, 3.8) is 0 Å². The summed E-state index contributed by atoms with van der Waals surface area (Å²) in [7, 11) is 1.34. The third-order valence-electron chi connectivity index (χ3n) is 4.24. The van der Waals surface area contributed by atoms with E-state index in [1.807, 2.05) is 13.8 Å². The second-order valence-electron chi connectivity index (χ2n) is 6.22. The van der Waals surface area contributed by atoms with Gasteiger partial charge in [-0.15, -0.1) is 11.3 Å². The van der Waals surface area contributed by atoms with Crippen LogP contribution in [0, 0.1) is 19.7 Å². The minimum Gasteiger partial charge on any atom is -0.465 e. The van der Waals surface area contributed by atoms with Crippen molar-refractivity contribution in [3.05, 3.63) is 63.0 Å². The molecule has 2 N–H and O–H groups in total. The van der Waals surface area contributed by atoms with Crippen LogP contribution in [0.25, 0.3) is 0 Å². The molecule has 0 unspecified atom stereocenters. The number of hydrogen-bond donors (Lipinski definition) is 2. The fraction of sp³-hybridized carbons (Fsp3) is 0.211. The Morgan fingerprint density at radius 2 is 2.14 bits per heavy atom. The zero-order chi connectivity index (χ0) is 21.1. The Morgan fingerprint density at radius 3 is 2.83 bits per heavy atom. The molecule has 1 aromatic carbocycles. The standard InChI is InChI=1S/C19H18ClFN4O2S2/c1-10-11(2)29-17(16(10)18(26)27-3)24-19(28)23-14-7-22-25(9-14)8-12-4-5-13(21)6-15(12)20/h4-7,9H,8H2,1-3H3,(H2,23,24,28). The maximum absolute atomic E-state index is 13.2. The molecule has 0 atom stereocenters. The summed E-state index contributed by atoms with van der Waals surface area (Å²) in [5.74, 6) is -0.801. The molecule has 0 aliphatic carbocycles. The Morgan fingerprint density at radius 1 is 1.38 bits per heavy atom. The number of nitrogens with zero attached hydrogens (tertiary/aromatic N) is 2. The van der Waals surface area contributed by atoms with Gasteiger partial charge >= 0.3 is 5.97 Å². The molecule has 0 bridgehead atoms. The van der Waals surface area contributed by atoms with Gasteiger partial charge < -0.3 is 15.4 Å². The van der Waals surface area contributed by atoms with Crippen LogP contribution in [0.2, 0.25) is 5.02 Å². The number of hydrogen-bond acceptors (Lipinski definition) is 5. The highest BCUT2D eigenvalue weighted by atomic mass is 35.5. The number of nitrogens with one attached hydrogen (secondary N) is 2. The number of carbonyl (C=O) groups excluding carboxylic acids is 1. The van der Waals surface area contributed by atoms with Gasteiger partial charge in [-0.05, 0) is 49.3 Å². The fourth-order valence-electron chi connectivity index (χ4n) is 2.67. The van der Waals surface area contributed by atoms with Gasteiger partial charge in [-0.3, -0.25) is 4.68 Å². The van der Waals surface area contributed by atoms with Crippen LogP contribution in [-0.2, 0) is 11.3 Å². The van der Waals surface area contributed by atoms with Crippen molar-refractivity contribution < 1.29 is 13.9 Å². The lowest BCUT2D eigenvalue weighted by atomic mass is 10.1. The average Bonchev–Trinajstić information content (AvgIpc) is 3.21. The molecule has 0 saturated carbocycles. The normalized spacial score (nSPS) is 10.7. The number of carbonyl (C=O) groups is 1. The van der Waals surface area contributed by atoms with E-state index in [9.17, 15) is 9.18 Å². The van der Waals surface area contributed by atoms with Crippen molar-refractivity contribution >= 4 is 56.9 Å². The third kappa shape index (κ3) is 4.92. The van der Waals surface area contributed by atoms with Gasteiger partial charge in [0.25, 0.3) is 0 Å². The molecule has 2 aromatic heterocycles. The number of rotatable bonds is 5. The van der Waals surface area contributed by atoms with Crippen LogP contribution < -0.4 is 10.6 Å². The largest absolute Gasteiger partial charge is 0.465 e. The molecule has 29 heavy (non-hydrogen) atoms. The number of aryl methyl sites for hydroxylation is 1. The number of esters is 1. The second-order valence-corrected chi connectivity index (χ2v) is 8.26. The van der Waals surface area contributed by atoms with Crippen LogP contribution in [0.1, 0.15) is 26.4 Å². The van der Waals surface area contributed by atoms with Crippen LogP contribution in [0.15, 0.2) is 30.6 Å². The summed E-state index contributed by atoms with van der Waals surface area (Å²) in [4.78, 5) is 13.1. The molecule has 2 heterocycles. The zero-order valence-electron chi connectivity index (χ0n) is 15.9. The molecule has 6 nitrogen and oxygen atoms in total. The SMILES string of the molecule is COC(=O)c1c(NC(=S)Nc2cnn(Cc3ccc(F)cc3Cl)c2)sc(C)c1C. The van der Waals surface area contributed by atoms with E-state index in [4.69, 9.17) is 28.6 Å². The van der Waals surface area contributed by atoms with E-state index < -0.39 is 5.97 Å². The number of anilines is 2. The zero-order valence-corrected chi connectivity index (χ0v) is 18.3. The van der Waals surface area contributed by atoms with Gasteiger partial charge in [0.15, 0.2) is 5.11 Å². The fourth-order valence-corrected chi connectivity index (χ4v) is 4.23. The van der Waals surface area contributed by atoms with Crippen LogP contribution >= 0.6 is 35.2 Å². The summed E-state index contributed by atoms with van der Waals surface area (Å²) in [6, 6.07) is 4.24. The summed E-state index contributed by atoms with van der Waals surface area (Å²) in [5, 5.41) is 11.6. The highest BCUT2D eigenvalue weighted by molar-refractivity contribution is 7.80. The molecular weight excluding hydrogens is 435 g/mol. The van der Waals surface area contributed by atoms with Crippen molar-refractivity contribution in [1.82, 2.24) is 9.78 Å². The minimum atomic E-state index is -0.416. The molecule has 152 valence electrons. The van der Waals surface area contributed by atoms with Gasteiger partial charge in [0, 0.05) is 16.1 Å². The molecular formula is C19H18ClFN4O2S2. The van der Waals surface area contributed by atoms with Crippen LogP contribution in [0.4, 0.5) is 15.1 Å². The first-order valence-electron chi connectivity index (χ1n) is 8.51. The van der Waals surface area contributed by atoms with Gasteiger partial charge in [-0.25, -0.2) is 9.18 Å². The predicted octanol–water partition coefficient (Wildman–Crippen LogP) is 5.00. The maximum Gasteiger partial charge on any atom is 0.341 e. The number of ether oxygens (including phenoxy) is 1. The lowest BCUT2D eigenvalue weighted by Gasteiger charge is -2.09. The summed E-state index contributed by atoms with van der Waals surface area (Å²) < 4.78 is 19.7. The van der Waals surface area contributed by atoms with Crippen LogP contribution in [0.3, 0.4) is 0 Å². The average molecular weight is 453 g/mol. The Kier molecular flexibility index (Phi) is 6.51. The van der Waals surface area contributed by atoms with Gasteiger partial charge in [-0.2, -0.15) is 5.10 Å². The van der Waals surface area contributed by atoms with Gasteiger partial charge in [0.2, 0.25) is 0 Å². The number of methoxy groups -OCH3 is 1. The summed E-state index contributed by atoms with van der Waals surface area (Å²) in [6.07, 6.45) is 3.36. The molecule has 10 heteroatoms. The van der Waals surface area contributed by atoms with Crippen molar-refractivity contribution in [2.45, 2.75) is 20.4 Å². The summed E-state index contributed by atoms with van der Waals surface area (Å²) >= 11 is 12.9. The topological polar surface area (TPSA) is 68.2 Å². The van der Waals surface area contributed by atoms with E-state index >= 15 is 0 Å². The molecule has 0 aliphatic rings. The van der Waals surface area contributed by atoms with Crippen molar-refractivity contribution in [1.29, 1.82) is 0 Å². The number of thiocarbonyl (C=S) groups is 1. The highest BCUT2D eigenvalue weighted by Crippen LogP contribution is 2.33. The lowest BCUT2D eigenvalue weighted by molar-refractivity contribution is 0.0601. The van der Waals surface area contributed by atoms with E-state index in [1.54, 1.807) is 23.1 Å². The number of halogens is 2. The first-order chi connectivity index (χ1) is 13.8. The van der Waals surface area contributed by atoms with E-state index in [0.717, 1.165) is 16.0 Å². The smallest absolute Gasteiger partial charge is 0.341 e. The molecule has 0 fully saturated rings. The Hall–Kier alpha value is -2.49. The molecule has 0 radical (unpaired) electrons. The summed E-state index contributed by atoms with van der Waals surface area (Å²) in [6.45, 7) is 4.18. The Bertz CT molecular complexity index is 1080. The third-order valence-corrected chi connectivity index (χ3v) is 5.92. The summed E-state index contributed by atoms with van der Waals surface area (Å²) in [5.41, 5.74) is 2.73. The monoisotopic (exact) mass is 452 g/mol. The van der Waals surface area contributed by atoms with Gasteiger partial charge in [-0.1, -0.05) is 17.7 Å². The number of aromatic nitrogens is 2. The number of thiophene rings is 1. The first kappa shape index (κ1) is 21.2. The van der Waals surface area contributed by atoms with E-state index in [1.165, 1.54) is 30.6 Å². The molecule has 3 aromatic rings. The molecule has 0 amide bonds. The van der Waals surface area contributed by atoms with Gasteiger partial charge in [0.05, 0.1) is 31.1 Å². The Balaban J connectivity index is 1.68. The molecule has 0 spiro atoms. The van der Waals surface area contributed by atoms with Gasteiger partial charge in [0.1, 0.15) is 10.8 Å². The Labute approximate surface area is 181 Å². The van der Waals surface area contributed by atoms with E-state index in [0.29, 0.717) is 32.9 Å². The molecule has 0 saturated heterocycles. The quantitative estimate of drug-likeness (QED) is 0.419. The maximum atomic E-state index is 13.2. The highest BCUT2D eigenvalue weighted by Gasteiger charge is 2.21. The van der Waals surface area contributed by atoms with E-state index in [-0.39, 0.29) is 5.82 Å². The first-order valence-corrected chi connectivity index (χ1v) is 10.1. The molecule has 0 aliphatic heterocycles. The van der Waals surface area contributed by atoms with Crippen LogP contribution in [-0.4, -0.2) is 28.0 Å². The second kappa shape index (κ2) is 8.89. The van der Waals surface area contributed by atoms with Crippen LogP contribution in [0.5, 0.6) is 0 Å². The number of benzene rings is 1. The van der Waals surface area contributed by atoms with Crippen molar-refractivity contribution in [2.24, 2.45) is 0 Å². The molecule has 3 rings (SSSR count). The van der Waals surface area contributed by atoms with E-state index in [2.05, 4.69) is 15.7 Å².